The smallest absolute Gasteiger partial charge is 0.140 e. The first-order valence-corrected chi connectivity index (χ1v) is 23.2. The van der Waals surface area contributed by atoms with E-state index in [1.807, 2.05) is 12.1 Å². The molecule has 0 aliphatic carbocycles. The predicted molar refractivity (Wildman–Crippen MR) is 276 cm³/mol. The van der Waals surface area contributed by atoms with Gasteiger partial charge in [-0.1, -0.05) is 156 Å². The third kappa shape index (κ3) is 10.9. The van der Waals surface area contributed by atoms with E-state index in [4.69, 9.17) is 20.6 Å². The number of rotatable bonds is 17. The number of ether oxygens (including phenoxy) is 3. The van der Waals surface area contributed by atoms with E-state index in [0.717, 1.165) is 90.0 Å². The fraction of sp³-hybridized carbons (Fsp3) is 0.206. The number of unbranched alkanes of at least 4 members (excludes halogenated alkanes) is 5. The van der Waals surface area contributed by atoms with E-state index < -0.39 is 0 Å². The van der Waals surface area contributed by atoms with Crippen molar-refractivity contribution in [2.24, 2.45) is 0 Å². The minimum absolute atomic E-state index is 0.513. The first-order valence-electron chi connectivity index (χ1n) is 23.2. The summed E-state index contributed by atoms with van der Waals surface area (Å²) >= 11 is 0. The Morgan fingerprint density at radius 3 is 1.83 bits per heavy atom. The van der Waals surface area contributed by atoms with Crippen LogP contribution in [-0.2, 0) is 6.61 Å². The predicted octanol–water partition coefficient (Wildman–Crippen LogP) is 16.0. The van der Waals surface area contributed by atoms with Crippen LogP contribution in [0.25, 0.3) is 65.7 Å². The van der Waals surface area contributed by atoms with Crippen LogP contribution < -0.4 is 14.2 Å². The number of hydrogen-bond donors (Lipinski definition) is 0. The number of fused-ring (bicyclic) bond motifs is 3. The molecule has 0 saturated heterocycles. The van der Waals surface area contributed by atoms with Crippen LogP contribution in [0.15, 0.2) is 152 Å². The van der Waals surface area contributed by atoms with E-state index in [2.05, 4.69) is 202 Å². The van der Waals surface area contributed by atoms with Gasteiger partial charge in [0, 0.05) is 17.8 Å². The Bertz CT molecular complexity index is 3190. The van der Waals surface area contributed by atoms with Gasteiger partial charge in [-0.05, 0) is 162 Å². The quantitative estimate of drug-likeness (QED) is 0.0519. The Labute approximate surface area is 391 Å². The van der Waals surface area contributed by atoms with Gasteiger partial charge in [0.15, 0.2) is 0 Å². The van der Waals surface area contributed by atoms with Gasteiger partial charge in [0.05, 0.1) is 6.61 Å². The van der Waals surface area contributed by atoms with E-state index in [-0.39, 0.29) is 0 Å². The average Bonchev–Trinajstić information content (AvgIpc) is 3.36. The van der Waals surface area contributed by atoms with Crippen molar-refractivity contribution in [2.45, 2.75) is 78.2 Å². The lowest BCUT2D eigenvalue weighted by atomic mass is 9.85. The zero-order chi connectivity index (χ0) is 45.5. The minimum Gasteiger partial charge on any atom is -0.494 e. The van der Waals surface area contributed by atoms with Gasteiger partial charge in [0.25, 0.3) is 0 Å². The highest BCUT2D eigenvalue weighted by Gasteiger charge is 2.19. The molecule has 0 radical (unpaired) electrons. The fourth-order valence-corrected chi connectivity index (χ4v) is 8.55. The van der Waals surface area contributed by atoms with Crippen molar-refractivity contribution in [2.75, 3.05) is 6.61 Å². The average molecular weight is 859 g/mol. The van der Waals surface area contributed by atoms with Gasteiger partial charge in [0.2, 0.25) is 0 Å². The second-order valence-electron chi connectivity index (χ2n) is 16.8. The van der Waals surface area contributed by atoms with Crippen LogP contribution in [0.3, 0.4) is 0 Å². The first-order chi connectivity index (χ1) is 32.5. The lowest BCUT2D eigenvalue weighted by molar-refractivity contribution is 0.305. The number of hydrogen-bond acceptors (Lipinski definition) is 3. The molecule has 0 amide bonds. The Morgan fingerprint density at radius 1 is 0.485 bits per heavy atom. The van der Waals surface area contributed by atoms with Crippen LogP contribution in [0, 0.1) is 48.1 Å². The van der Waals surface area contributed by atoms with Crippen molar-refractivity contribution in [1.82, 2.24) is 0 Å². The van der Waals surface area contributed by atoms with Crippen molar-refractivity contribution in [3.63, 3.8) is 0 Å². The third-order valence-corrected chi connectivity index (χ3v) is 12.3. The molecule has 66 heavy (non-hydrogen) atoms. The van der Waals surface area contributed by atoms with E-state index in [0.29, 0.717) is 24.9 Å². The summed E-state index contributed by atoms with van der Waals surface area (Å²) in [6, 6.07) is 54.0. The molecular weight excluding hydrogens is 805 g/mol. The van der Waals surface area contributed by atoms with Crippen molar-refractivity contribution in [1.29, 1.82) is 0 Å². The maximum atomic E-state index is 6.52. The highest BCUT2D eigenvalue weighted by Crippen LogP contribution is 2.46. The van der Waals surface area contributed by atoms with Crippen LogP contribution in [0.1, 0.15) is 82.8 Å². The monoisotopic (exact) mass is 858 g/mol. The van der Waals surface area contributed by atoms with Crippen LogP contribution in [0.5, 0.6) is 17.2 Å². The third-order valence-electron chi connectivity index (χ3n) is 12.3. The Morgan fingerprint density at radius 2 is 1.08 bits per heavy atom. The maximum Gasteiger partial charge on any atom is 0.140 e. The molecule has 0 N–H and O–H groups in total. The summed E-state index contributed by atoms with van der Waals surface area (Å²) in [5.41, 5.74) is 9.26. The highest BCUT2D eigenvalue weighted by atomic mass is 16.5. The van der Waals surface area contributed by atoms with Crippen molar-refractivity contribution >= 4 is 32.3 Å². The lowest BCUT2D eigenvalue weighted by Crippen LogP contribution is -1.98. The molecule has 0 aliphatic heterocycles. The molecule has 1 atom stereocenters. The highest BCUT2D eigenvalue weighted by molar-refractivity contribution is 6.22. The molecule has 0 aromatic heterocycles. The van der Waals surface area contributed by atoms with Crippen molar-refractivity contribution in [3.05, 3.63) is 163 Å². The topological polar surface area (TPSA) is 27.7 Å². The van der Waals surface area contributed by atoms with Crippen molar-refractivity contribution in [3.8, 4) is 98.7 Å². The molecule has 0 spiro atoms. The van der Waals surface area contributed by atoms with Gasteiger partial charge in [-0.25, -0.2) is 0 Å². The summed E-state index contributed by atoms with van der Waals surface area (Å²) in [7, 11) is 0. The summed E-state index contributed by atoms with van der Waals surface area (Å²) in [4.78, 5) is 0. The van der Waals surface area contributed by atoms with Crippen LogP contribution in [-0.4, -0.2) is 6.61 Å². The molecule has 0 heterocycles. The zero-order valence-electron chi connectivity index (χ0n) is 38.2. The molecular formula is C63H54O3. The summed E-state index contributed by atoms with van der Waals surface area (Å²) in [6.45, 7) is 7.94. The first kappa shape index (κ1) is 44.8. The summed E-state index contributed by atoms with van der Waals surface area (Å²) in [6.07, 6.45) is 16.3. The van der Waals surface area contributed by atoms with Gasteiger partial charge in [-0.15, -0.1) is 6.42 Å². The second kappa shape index (κ2) is 22.2. The Hall–Kier alpha value is -7.82. The van der Waals surface area contributed by atoms with E-state index >= 15 is 0 Å². The second-order valence-corrected chi connectivity index (χ2v) is 16.8. The fourth-order valence-electron chi connectivity index (χ4n) is 8.55. The van der Waals surface area contributed by atoms with Gasteiger partial charge >= 0.3 is 0 Å². The normalized spacial score (nSPS) is 11.1. The largest absolute Gasteiger partial charge is 0.494 e. The lowest BCUT2D eigenvalue weighted by Gasteiger charge is -2.20. The van der Waals surface area contributed by atoms with E-state index in [1.165, 1.54) is 43.2 Å². The van der Waals surface area contributed by atoms with Gasteiger partial charge < -0.3 is 14.2 Å². The molecule has 1 unspecified atom stereocenters. The molecule has 0 bridgehead atoms. The van der Waals surface area contributed by atoms with Gasteiger partial charge in [-0.2, -0.15) is 0 Å². The zero-order valence-corrected chi connectivity index (χ0v) is 38.2. The summed E-state index contributed by atoms with van der Waals surface area (Å²) < 4.78 is 18.9. The number of terminal acetylenes is 1. The molecule has 0 saturated carbocycles. The van der Waals surface area contributed by atoms with Gasteiger partial charge in [-0.3, -0.25) is 0 Å². The maximum absolute atomic E-state index is 6.52. The number of benzene rings is 8. The molecule has 8 aromatic carbocycles. The summed E-state index contributed by atoms with van der Waals surface area (Å²) in [5, 5.41) is 6.58. The van der Waals surface area contributed by atoms with Crippen LogP contribution in [0.4, 0.5) is 0 Å². The molecule has 324 valence electrons. The van der Waals surface area contributed by atoms with E-state index in [1.54, 1.807) is 0 Å². The van der Waals surface area contributed by atoms with Crippen molar-refractivity contribution < 1.29 is 14.2 Å². The molecule has 0 aliphatic rings. The Balaban J connectivity index is 1.22. The SMILES string of the molecule is C#CC#CC#CC#COc1ccc2c(-c3ccc4cc(OCc5ccc(C(C)CC)cc5)ccc4c3)c3cc(OCCCCCCCC)ccc3c(-c3ccc(-c4ccccc4)cc3)c2c1. The van der Waals surface area contributed by atoms with E-state index in [9.17, 15) is 0 Å². The minimum atomic E-state index is 0.513. The molecule has 3 heteroatoms. The standard InChI is InChI=1S/C63H54O3/c1-5-8-10-12-14-19-39-64-56-36-38-59-60(43-56)62(51-29-27-50(28-30-51)49-21-17-16-18-22-49)58-37-35-57(65-40-20-15-13-11-9-6-2)44-61(58)63(59)54-32-31-53-42-55(34-33-52(53)41-54)66-45-47-23-25-48(26-24-47)46(4)7-3/h1,16-18,21-38,41-44,46H,6-7,9,11,13,15,20,40,45H2,2-4H3. The molecule has 0 fully saturated rings. The van der Waals surface area contributed by atoms with Crippen LogP contribution >= 0.6 is 0 Å². The van der Waals surface area contributed by atoms with Gasteiger partial charge in [0.1, 0.15) is 30.0 Å². The van der Waals surface area contributed by atoms with Crippen LogP contribution in [0.2, 0.25) is 0 Å². The molecule has 8 rings (SSSR count). The molecule has 8 aromatic rings. The summed E-state index contributed by atoms with van der Waals surface area (Å²) in [5.74, 6) is 18.2. The Kier molecular flexibility index (Phi) is 15.1. The molecule has 3 nitrogen and oxygen atoms in total.